The summed E-state index contributed by atoms with van der Waals surface area (Å²) in [6.07, 6.45) is 1.65. The summed E-state index contributed by atoms with van der Waals surface area (Å²) < 4.78 is 23.7. The zero-order valence-corrected chi connectivity index (χ0v) is 9.75. The van der Waals surface area contributed by atoms with Crippen molar-refractivity contribution in [1.82, 2.24) is 4.98 Å². The first kappa shape index (κ1) is 11.6. The van der Waals surface area contributed by atoms with E-state index < -0.39 is 9.84 Å². The van der Waals surface area contributed by atoms with Gasteiger partial charge in [-0.3, -0.25) is 0 Å². The Morgan fingerprint density at radius 1 is 1.50 bits per heavy atom. The number of halogens is 1. The van der Waals surface area contributed by atoms with Gasteiger partial charge in [0.05, 0.1) is 10.2 Å². The van der Waals surface area contributed by atoms with Gasteiger partial charge in [-0.25, -0.2) is 13.4 Å². The van der Waals surface area contributed by atoms with E-state index in [0.717, 1.165) is 0 Å². The van der Waals surface area contributed by atoms with Gasteiger partial charge in [-0.05, 0) is 34.5 Å². The SMILES string of the molecule is O=S(=O)(CCCO)c1ncccc1Br. The van der Waals surface area contributed by atoms with Crippen molar-refractivity contribution in [2.75, 3.05) is 12.4 Å². The number of aliphatic hydroxyl groups excluding tert-OH is 1. The Morgan fingerprint density at radius 3 is 2.79 bits per heavy atom. The normalized spacial score (nSPS) is 11.6. The third-order valence-corrected chi connectivity index (χ3v) is 4.23. The van der Waals surface area contributed by atoms with Crippen molar-refractivity contribution in [2.45, 2.75) is 11.4 Å². The molecule has 0 aliphatic carbocycles. The molecule has 1 heterocycles. The second-order valence-electron chi connectivity index (χ2n) is 2.69. The molecular weight excluding hydrogens is 270 g/mol. The van der Waals surface area contributed by atoms with Crippen molar-refractivity contribution >= 4 is 25.8 Å². The van der Waals surface area contributed by atoms with E-state index >= 15 is 0 Å². The van der Waals surface area contributed by atoms with Crippen LogP contribution in [0.4, 0.5) is 0 Å². The first-order valence-electron chi connectivity index (χ1n) is 4.02. The number of hydrogen-bond acceptors (Lipinski definition) is 4. The van der Waals surface area contributed by atoms with Gasteiger partial charge in [-0.2, -0.15) is 0 Å². The quantitative estimate of drug-likeness (QED) is 0.893. The zero-order chi connectivity index (χ0) is 10.6. The third-order valence-electron chi connectivity index (χ3n) is 1.59. The van der Waals surface area contributed by atoms with Crippen LogP contribution >= 0.6 is 15.9 Å². The van der Waals surface area contributed by atoms with Gasteiger partial charge in [-0.1, -0.05) is 0 Å². The highest BCUT2D eigenvalue weighted by atomic mass is 79.9. The molecule has 1 aromatic rings. The number of aliphatic hydroxyl groups is 1. The Morgan fingerprint density at radius 2 is 2.21 bits per heavy atom. The summed E-state index contributed by atoms with van der Waals surface area (Å²) in [5.41, 5.74) is 0. The van der Waals surface area contributed by atoms with Crippen molar-refractivity contribution < 1.29 is 13.5 Å². The molecule has 4 nitrogen and oxygen atoms in total. The number of pyridine rings is 1. The summed E-state index contributed by atoms with van der Waals surface area (Å²) in [6, 6.07) is 3.27. The lowest BCUT2D eigenvalue weighted by Crippen LogP contribution is -2.10. The van der Waals surface area contributed by atoms with E-state index in [0.29, 0.717) is 4.47 Å². The molecule has 78 valence electrons. The highest BCUT2D eigenvalue weighted by Gasteiger charge is 2.18. The van der Waals surface area contributed by atoms with E-state index in [2.05, 4.69) is 20.9 Å². The molecule has 6 heteroatoms. The monoisotopic (exact) mass is 279 g/mol. The lowest BCUT2D eigenvalue weighted by atomic mass is 10.5. The van der Waals surface area contributed by atoms with Crippen LogP contribution in [0.15, 0.2) is 27.8 Å². The largest absolute Gasteiger partial charge is 0.396 e. The van der Waals surface area contributed by atoms with Crippen LogP contribution in [0.2, 0.25) is 0 Å². The molecule has 1 N–H and O–H groups in total. The highest BCUT2D eigenvalue weighted by Crippen LogP contribution is 2.19. The fourth-order valence-electron chi connectivity index (χ4n) is 0.951. The Kier molecular flexibility index (Phi) is 4.03. The van der Waals surface area contributed by atoms with Gasteiger partial charge in [0.2, 0.25) is 0 Å². The number of rotatable bonds is 4. The number of aromatic nitrogens is 1. The predicted molar refractivity (Wildman–Crippen MR) is 55.7 cm³/mol. The first-order chi connectivity index (χ1) is 6.58. The van der Waals surface area contributed by atoms with E-state index in [1.807, 2.05) is 0 Å². The zero-order valence-electron chi connectivity index (χ0n) is 7.35. The highest BCUT2D eigenvalue weighted by molar-refractivity contribution is 9.10. The van der Waals surface area contributed by atoms with Crippen LogP contribution in [-0.2, 0) is 9.84 Å². The van der Waals surface area contributed by atoms with Crippen LogP contribution in [-0.4, -0.2) is 30.9 Å². The average Bonchev–Trinajstić information content (AvgIpc) is 2.15. The molecule has 0 saturated heterocycles. The topological polar surface area (TPSA) is 67.3 Å². The van der Waals surface area contributed by atoms with Gasteiger partial charge in [-0.15, -0.1) is 0 Å². The Hall–Kier alpha value is -0.460. The molecule has 1 aromatic heterocycles. The second-order valence-corrected chi connectivity index (χ2v) is 5.57. The van der Waals surface area contributed by atoms with Gasteiger partial charge in [0.25, 0.3) is 0 Å². The van der Waals surface area contributed by atoms with Crippen LogP contribution in [0.1, 0.15) is 6.42 Å². The van der Waals surface area contributed by atoms with Crippen molar-refractivity contribution in [1.29, 1.82) is 0 Å². The fourth-order valence-corrected chi connectivity index (χ4v) is 3.24. The Bertz CT molecular complexity index is 405. The average molecular weight is 280 g/mol. The molecular formula is C8H10BrNO3S. The number of sulfone groups is 1. The molecule has 0 saturated carbocycles. The van der Waals surface area contributed by atoms with Gasteiger partial charge in [0.1, 0.15) is 0 Å². The van der Waals surface area contributed by atoms with Gasteiger partial charge in [0.15, 0.2) is 14.9 Å². The van der Waals surface area contributed by atoms with Crippen molar-refractivity contribution in [3.05, 3.63) is 22.8 Å². The smallest absolute Gasteiger partial charge is 0.196 e. The van der Waals surface area contributed by atoms with Crippen molar-refractivity contribution in [3.63, 3.8) is 0 Å². The summed E-state index contributed by atoms with van der Waals surface area (Å²) in [7, 11) is -3.37. The van der Waals surface area contributed by atoms with E-state index in [4.69, 9.17) is 5.11 Å². The van der Waals surface area contributed by atoms with Crippen molar-refractivity contribution in [3.8, 4) is 0 Å². The van der Waals surface area contributed by atoms with Crippen LogP contribution in [0.5, 0.6) is 0 Å². The maximum Gasteiger partial charge on any atom is 0.196 e. The molecule has 0 atom stereocenters. The van der Waals surface area contributed by atoms with Crippen molar-refractivity contribution in [2.24, 2.45) is 0 Å². The molecule has 0 fully saturated rings. The lowest BCUT2D eigenvalue weighted by molar-refractivity contribution is 0.295. The summed E-state index contributed by atoms with van der Waals surface area (Å²) in [6.45, 7) is -0.135. The van der Waals surface area contributed by atoms with E-state index in [1.54, 1.807) is 12.1 Å². The molecule has 0 bridgehead atoms. The van der Waals surface area contributed by atoms with E-state index in [-0.39, 0.29) is 23.8 Å². The second kappa shape index (κ2) is 4.86. The van der Waals surface area contributed by atoms with Crippen LogP contribution < -0.4 is 0 Å². The lowest BCUT2D eigenvalue weighted by Gasteiger charge is -2.03. The van der Waals surface area contributed by atoms with Crippen LogP contribution in [0.25, 0.3) is 0 Å². The fraction of sp³-hybridized carbons (Fsp3) is 0.375. The minimum atomic E-state index is -3.37. The molecule has 0 unspecified atom stereocenters. The maximum absolute atomic E-state index is 11.6. The molecule has 0 aromatic carbocycles. The van der Waals surface area contributed by atoms with Gasteiger partial charge < -0.3 is 5.11 Å². The van der Waals surface area contributed by atoms with E-state index in [1.165, 1.54) is 6.20 Å². The summed E-state index contributed by atoms with van der Waals surface area (Å²) in [4.78, 5) is 3.79. The van der Waals surface area contributed by atoms with E-state index in [9.17, 15) is 8.42 Å². The molecule has 14 heavy (non-hydrogen) atoms. The Balaban J connectivity index is 2.99. The molecule has 0 aliphatic heterocycles. The summed E-state index contributed by atoms with van der Waals surface area (Å²) >= 11 is 3.12. The summed E-state index contributed by atoms with van der Waals surface area (Å²) in [5, 5.41) is 8.58. The van der Waals surface area contributed by atoms with Gasteiger partial charge in [0, 0.05) is 12.8 Å². The molecule has 0 spiro atoms. The minimum Gasteiger partial charge on any atom is -0.396 e. The summed E-state index contributed by atoms with van der Waals surface area (Å²) in [5.74, 6) is -0.0842. The number of nitrogens with zero attached hydrogens (tertiary/aromatic N) is 1. The third kappa shape index (κ3) is 2.76. The van der Waals surface area contributed by atoms with Gasteiger partial charge >= 0.3 is 0 Å². The predicted octanol–water partition coefficient (Wildman–Crippen LogP) is 1.00. The molecule has 0 amide bonds. The minimum absolute atomic E-state index is 0.0356. The number of hydrogen-bond donors (Lipinski definition) is 1. The molecule has 1 rings (SSSR count). The first-order valence-corrected chi connectivity index (χ1v) is 6.46. The Labute approximate surface area is 91.0 Å². The standard InChI is InChI=1S/C8H10BrNO3S/c9-7-3-1-4-10-8(7)14(12,13)6-2-5-11/h1,3-4,11H,2,5-6H2. The molecule has 0 radical (unpaired) electrons. The van der Waals surface area contributed by atoms with Crippen LogP contribution in [0.3, 0.4) is 0 Å². The maximum atomic E-state index is 11.6. The molecule has 0 aliphatic rings. The van der Waals surface area contributed by atoms with Crippen LogP contribution in [0, 0.1) is 0 Å².